The van der Waals surface area contributed by atoms with Crippen molar-refractivity contribution < 1.29 is 14.3 Å². The van der Waals surface area contributed by atoms with Crippen LogP contribution in [-0.4, -0.2) is 31.0 Å². The van der Waals surface area contributed by atoms with Crippen LogP contribution >= 0.6 is 0 Å². The molecule has 136 valence electrons. The molecule has 0 saturated heterocycles. The van der Waals surface area contributed by atoms with Gasteiger partial charge in [0.15, 0.2) is 0 Å². The highest BCUT2D eigenvalue weighted by Gasteiger charge is 2.17. The first-order valence-corrected chi connectivity index (χ1v) is 9.00. The van der Waals surface area contributed by atoms with E-state index >= 15 is 0 Å². The van der Waals surface area contributed by atoms with Gasteiger partial charge in [0.05, 0.1) is 5.56 Å². The van der Waals surface area contributed by atoms with Gasteiger partial charge in [0.2, 0.25) is 5.91 Å². The fraction of sp³-hybridized carbons (Fsp3) is 0.500. The first kappa shape index (κ1) is 19.0. The summed E-state index contributed by atoms with van der Waals surface area (Å²) in [6, 6.07) is 7.16. The van der Waals surface area contributed by atoms with Crippen LogP contribution in [0.5, 0.6) is 5.75 Å². The topological polar surface area (TPSA) is 67.4 Å². The Hall–Kier alpha value is -2.30. The smallest absolute Gasteiger partial charge is 0.255 e. The van der Waals surface area contributed by atoms with Crippen LogP contribution in [0, 0.1) is 5.92 Å². The number of hydrogen-bond donors (Lipinski definition) is 2. The number of ether oxygens (including phenoxy) is 1. The minimum absolute atomic E-state index is 0.0415. The van der Waals surface area contributed by atoms with Crippen molar-refractivity contribution >= 4 is 11.8 Å². The molecular formula is C20H28N2O3. The molecule has 5 heteroatoms. The van der Waals surface area contributed by atoms with Crippen molar-refractivity contribution in [2.24, 2.45) is 5.92 Å². The molecule has 25 heavy (non-hydrogen) atoms. The molecule has 1 aliphatic heterocycles. The van der Waals surface area contributed by atoms with Gasteiger partial charge >= 0.3 is 0 Å². The molecular weight excluding hydrogens is 316 g/mol. The highest BCUT2D eigenvalue weighted by Crippen LogP contribution is 2.18. The van der Waals surface area contributed by atoms with E-state index in [1.54, 1.807) is 12.1 Å². The lowest BCUT2D eigenvalue weighted by atomic mass is 10.0. The van der Waals surface area contributed by atoms with E-state index in [-0.39, 0.29) is 17.9 Å². The van der Waals surface area contributed by atoms with E-state index in [1.807, 2.05) is 24.3 Å². The van der Waals surface area contributed by atoms with E-state index < -0.39 is 0 Å². The van der Waals surface area contributed by atoms with Crippen molar-refractivity contribution in [3.05, 3.63) is 42.0 Å². The predicted octanol–water partition coefficient (Wildman–Crippen LogP) is 3.07. The minimum atomic E-state index is -0.183. The van der Waals surface area contributed by atoms with Gasteiger partial charge in [-0.2, -0.15) is 0 Å². The van der Waals surface area contributed by atoms with Crippen molar-refractivity contribution in [2.45, 2.75) is 45.6 Å². The second kappa shape index (κ2) is 9.87. The van der Waals surface area contributed by atoms with Crippen LogP contribution in [0.15, 0.2) is 36.4 Å². The summed E-state index contributed by atoms with van der Waals surface area (Å²) in [6.45, 7) is 5.04. The van der Waals surface area contributed by atoms with Crippen molar-refractivity contribution in [1.82, 2.24) is 10.6 Å². The second-order valence-corrected chi connectivity index (χ2v) is 6.77. The third-order valence-electron chi connectivity index (χ3n) is 4.04. The monoisotopic (exact) mass is 344 g/mol. The summed E-state index contributed by atoms with van der Waals surface area (Å²) in [6.07, 6.45) is 6.90. The zero-order valence-corrected chi connectivity index (χ0v) is 15.1. The zero-order valence-electron chi connectivity index (χ0n) is 15.1. The third-order valence-corrected chi connectivity index (χ3v) is 4.04. The molecule has 0 spiro atoms. The lowest BCUT2D eigenvalue weighted by Gasteiger charge is -2.21. The molecule has 0 aliphatic carbocycles. The molecule has 0 aromatic heterocycles. The normalized spacial score (nSPS) is 21.2. The fourth-order valence-corrected chi connectivity index (χ4v) is 2.86. The number of fused-ring (bicyclic) bond motifs is 1. The summed E-state index contributed by atoms with van der Waals surface area (Å²) >= 11 is 0. The molecule has 2 amide bonds. The Morgan fingerprint density at radius 2 is 2.00 bits per heavy atom. The lowest BCUT2D eigenvalue weighted by Crippen LogP contribution is -2.44. The molecule has 1 heterocycles. The number of carbonyl (C=O) groups is 2. The Labute approximate surface area is 149 Å². The number of carbonyl (C=O) groups excluding carboxylic acids is 2. The van der Waals surface area contributed by atoms with Crippen molar-refractivity contribution in [1.29, 1.82) is 0 Å². The molecule has 1 unspecified atom stereocenters. The van der Waals surface area contributed by atoms with E-state index in [4.69, 9.17) is 4.74 Å². The number of hydrogen-bond acceptors (Lipinski definition) is 3. The van der Waals surface area contributed by atoms with Gasteiger partial charge in [-0.25, -0.2) is 0 Å². The van der Waals surface area contributed by atoms with Crippen molar-refractivity contribution in [3.8, 4) is 5.75 Å². The van der Waals surface area contributed by atoms with Crippen LogP contribution in [0.25, 0.3) is 0 Å². The Bertz CT molecular complexity index is 611. The standard InChI is InChI=1S/C20H28N2O3/c1-15(2)13-16-14-21-20(24)17-9-6-7-10-18(17)25-12-8-4-3-5-11-19(23)22-16/h4,6-10,15-16H,3,5,11-14H2,1-2H3,(H,21,24)(H,22,23)/b8-4+. The first-order valence-electron chi connectivity index (χ1n) is 9.00. The summed E-state index contributed by atoms with van der Waals surface area (Å²) in [5.74, 6) is 0.865. The molecule has 0 radical (unpaired) electrons. The zero-order chi connectivity index (χ0) is 18.1. The summed E-state index contributed by atoms with van der Waals surface area (Å²) in [5.41, 5.74) is 0.514. The van der Waals surface area contributed by atoms with Crippen LogP contribution < -0.4 is 15.4 Å². The maximum atomic E-state index is 12.5. The highest BCUT2D eigenvalue weighted by molar-refractivity contribution is 5.96. The van der Waals surface area contributed by atoms with E-state index in [0.29, 0.717) is 36.8 Å². The van der Waals surface area contributed by atoms with E-state index in [9.17, 15) is 9.59 Å². The maximum absolute atomic E-state index is 12.5. The fourth-order valence-electron chi connectivity index (χ4n) is 2.86. The summed E-state index contributed by atoms with van der Waals surface area (Å²) in [5, 5.41) is 5.99. The number of allylic oxidation sites excluding steroid dienone is 1. The van der Waals surface area contributed by atoms with Gasteiger partial charge in [-0.3, -0.25) is 9.59 Å². The number of nitrogens with one attached hydrogen (secondary N) is 2. The Morgan fingerprint density at radius 3 is 2.80 bits per heavy atom. The van der Waals surface area contributed by atoms with Gasteiger partial charge in [0, 0.05) is 19.0 Å². The van der Waals surface area contributed by atoms with Gasteiger partial charge in [-0.1, -0.05) is 38.1 Å². The van der Waals surface area contributed by atoms with E-state index in [0.717, 1.165) is 19.3 Å². The van der Waals surface area contributed by atoms with Gasteiger partial charge in [0.1, 0.15) is 12.4 Å². The molecule has 5 nitrogen and oxygen atoms in total. The Morgan fingerprint density at radius 1 is 1.20 bits per heavy atom. The number of benzene rings is 1. The average molecular weight is 344 g/mol. The molecule has 2 rings (SSSR count). The molecule has 1 aliphatic rings. The summed E-state index contributed by atoms with van der Waals surface area (Å²) in [7, 11) is 0. The van der Waals surface area contributed by atoms with E-state index in [2.05, 4.69) is 24.5 Å². The van der Waals surface area contributed by atoms with Crippen LogP contribution in [0.3, 0.4) is 0 Å². The van der Waals surface area contributed by atoms with Gasteiger partial charge in [-0.15, -0.1) is 0 Å². The number of amides is 2. The number of para-hydroxylation sites is 1. The van der Waals surface area contributed by atoms with Crippen LogP contribution in [0.1, 0.15) is 49.9 Å². The summed E-state index contributed by atoms with van der Waals surface area (Å²) < 4.78 is 5.72. The molecule has 1 atom stereocenters. The lowest BCUT2D eigenvalue weighted by molar-refractivity contribution is -0.121. The van der Waals surface area contributed by atoms with Gasteiger partial charge < -0.3 is 15.4 Å². The Balaban J connectivity index is 2.14. The van der Waals surface area contributed by atoms with Gasteiger partial charge in [-0.05, 0) is 37.3 Å². The molecule has 2 N–H and O–H groups in total. The minimum Gasteiger partial charge on any atom is -0.489 e. The quantitative estimate of drug-likeness (QED) is 0.810. The molecule has 0 fully saturated rings. The SMILES string of the molecule is CC(C)CC1CNC(=O)c2ccccc2OC/C=C/CCCC(=O)N1. The van der Waals surface area contributed by atoms with Crippen LogP contribution in [0.4, 0.5) is 0 Å². The molecule has 0 bridgehead atoms. The largest absolute Gasteiger partial charge is 0.489 e. The predicted molar refractivity (Wildman–Crippen MR) is 98.6 cm³/mol. The molecule has 1 aromatic rings. The van der Waals surface area contributed by atoms with Crippen molar-refractivity contribution in [2.75, 3.05) is 13.2 Å². The average Bonchev–Trinajstić information content (AvgIpc) is 2.58. The first-order chi connectivity index (χ1) is 12.1. The van der Waals surface area contributed by atoms with Crippen LogP contribution in [0.2, 0.25) is 0 Å². The van der Waals surface area contributed by atoms with Crippen molar-refractivity contribution in [3.63, 3.8) is 0 Å². The van der Waals surface area contributed by atoms with E-state index in [1.165, 1.54) is 0 Å². The Kier molecular flexibility index (Phi) is 7.51. The summed E-state index contributed by atoms with van der Waals surface area (Å²) in [4.78, 5) is 24.7. The highest BCUT2D eigenvalue weighted by atomic mass is 16.5. The second-order valence-electron chi connectivity index (χ2n) is 6.77. The molecule has 0 saturated carbocycles. The van der Waals surface area contributed by atoms with Gasteiger partial charge in [0.25, 0.3) is 5.91 Å². The number of rotatable bonds is 2. The maximum Gasteiger partial charge on any atom is 0.255 e. The third kappa shape index (κ3) is 6.61. The van der Waals surface area contributed by atoms with Crippen LogP contribution in [-0.2, 0) is 4.79 Å². The molecule has 1 aromatic carbocycles.